The predicted octanol–water partition coefficient (Wildman–Crippen LogP) is 3.50. The van der Waals surface area contributed by atoms with Gasteiger partial charge in [-0.25, -0.2) is 9.97 Å². The number of nitrogens with two attached hydrogens (primary N) is 2. The summed E-state index contributed by atoms with van der Waals surface area (Å²) in [5.74, 6) is 1.24. The Hall–Kier alpha value is -1.54. The van der Waals surface area contributed by atoms with Crippen molar-refractivity contribution in [2.24, 2.45) is 11.1 Å². The molecule has 1 aromatic carbocycles. The van der Waals surface area contributed by atoms with Gasteiger partial charge in [0, 0.05) is 29.4 Å². The molecule has 150 valence electrons. The van der Waals surface area contributed by atoms with Crippen molar-refractivity contribution in [1.29, 1.82) is 0 Å². The van der Waals surface area contributed by atoms with Crippen LogP contribution in [0.15, 0.2) is 34.3 Å². The SMILES string of the molecule is Cc1cccc(Sc2ncc(N3CCC4(CC3)CO[C@H](C)[C@@H]4N)nc2N)c1Cl. The molecule has 6 nitrogen and oxygen atoms in total. The molecule has 0 unspecified atom stereocenters. The van der Waals surface area contributed by atoms with Crippen LogP contribution < -0.4 is 16.4 Å². The van der Waals surface area contributed by atoms with Gasteiger partial charge in [-0.05, 0) is 38.3 Å². The van der Waals surface area contributed by atoms with E-state index in [-0.39, 0.29) is 17.6 Å². The summed E-state index contributed by atoms with van der Waals surface area (Å²) >= 11 is 7.84. The minimum absolute atomic E-state index is 0.0899. The first kappa shape index (κ1) is 19.8. The number of benzene rings is 1. The van der Waals surface area contributed by atoms with Gasteiger partial charge < -0.3 is 21.1 Å². The number of anilines is 2. The maximum absolute atomic E-state index is 6.41. The molecule has 0 radical (unpaired) electrons. The zero-order valence-electron chi connectivity index (χ0n) is 16.2. The van der Waals surface area contributed by atoms with Gasteiger partial charge in [0.15, 0.2) is 5.82 Å². The second kappa shape index (κ2) is 7.71. The molecule has 2 aliphatic rings. The number of aryl methyl sites for hydroxylation is 1. The average Bonchev–Trinajstić information content (AvgIpc) is 2.96. The number of nitrogens with zero attached hydrogens (tertiary/aromatic N) is 3. The highest BCUT2D eigenvalue weighted by Gasteiger charge is 2.47. The van der Waals surface area contributed by atoms with E-state index in [1.807, 2.05) is 25.1 Å². The fourth-order valence-corrected chi connectivity index (χ4v) is 5.17. The molecule has 28 heavy (non-hydrogen) atoms. The molecule has 2 fully saturated rings. The zero-order chi connectivity index (χ0) is 19.9. The molecule has 4 rings (SSSR count). The molecule has 4 N–H and O–H groups in total. The minimum atomic E-state index is 0.0899. The molecule has 8 heteroatoms. The topological polar surface area (TPSA) is 90.3 Å². The lowest BCUT2D eigenvalue weighted by molar-refractivity contribution is 0.0974. The number of halogens is 1. The fourth-order valence-electron chi connectivity index (χ4n) is 4.07. The Balaban J connectivity index is 1.46. The molecule has 2 atom stereocenters. The van der Waals surface area contributed by atoms with Gasteiger partial charge in [0.25, 0.3) is 0 Å². The second-order valence-electron chi connectivity index (χ2n) is 7.80. The van der Waals surface area contributed by atoms with Gasteiger partial charge >= 0.3 is 0 Å². The van der Waals surface area contributed by atoms with Gasteiger partial charge in [0.1, 0.15) is 10.8 Å². The van der Waals surface area contributed by atoms with Gasteiger partial charge in [-0.1, -0.05) is 35.5 Å². The number of nitrogen functional groups attached to an aromatic ring is 1. The van der Waals surface area contributed by atoms with Gasteiger partial charge in [0.2, 0.25) is 0 Å². The molecule has 2 aliphatic heterocycles. The smallest absolute Gasteiger partial charge is 0.158 e. The summed E-state index contributed by atoms with van der Waals surface area (Å²) in [6.45, 7) is 6.57. The zero-order valence-corrected chi connectivity index (χ0v) is 17.8. The van der Waals surface area contributed by atoms with Crippen molar-refractivity contribution in [2.45, 2.75) is 48.8 Å². The third-order valence-electron chi connectivity index (χ3n) is 6.04. The van der Waals surface area contributed by atoms with E-state index in [1.54, 1.807) is 6.20 Å². The van der Waals surface area contributed by atoms with E-state index in [2.05, 4.69) is 21.8 Å². The van der Waals surface area contributed by atoms with Crippen molar-refractivity contribution < 1.29 is 4.74 Å². The van der Waals surface area contributed by atoms with E-state index in [0.29, 0.717) is 10.8 Å². The molecular formula is C20H26ClN5OS. The standard InChI is InChI=1S/C20H26ClN5OS/c1-12-4-3-5-14(16(12)21)28-19-18(23)25-15(10-24-19)26-8-6-20(7-9-26)11-27-13(2)17(20)22/h3-5,10,13,17H,6-9,11,22H2,1-2H3,(H2,23,25)/t13-,17+/m1/s1. The Morgan fingerprint density at radius 2 is 2.07 bits per heavy atom. The number of hydrogen-bond acceptors (Lipinski definition) is 7. The van der Waals surface area contributed by atoms with Crippen molar-refractivity contribution in [3.8, 4) is 0 Å². The molecule has 2 aromatic rings. The monoisotopic (exact) mass is 419 g/mol. The first-order valence-corrected chi connectivity index (χ1v) is 10.8. The Bertz CT molecular complexity index is 872. The molecule has 0 amide bonds. The predicted molar refractivity (Wildman–Crippen MR) is 114 cm³/mol. The van der Waals surface area contributed by atoms with Crippen molar-refractivity contribution in [3.05, 3.63) is 35.0 Å². The maximum atomic E-state index is 6.41. The minimum Gasteiger partial charge on any atom is -0.381 e. The molecular weight excluding hydrogens is 394 g/mol. The summed E-state index contributed by atoms with van der Waals surface area (Å²) in [5, 5.41) is 1.40. The van der Waals surface area contributed by atoms with E-state index in [9.17, 15) is 0 Å². The molecule has 0 bridgehead atoms. The number of rotatable bonds is 3. The Labute approximate surface area is 175 Å². The Morgan fingerprint density at radius 1 is 1.32 bits per heavy atom. The van der Waals surface area contributed by atoms with Crippen molar-refractivity contribution in [3.63, 3.8) is 0 Å². The van der Waals surface area contributed by atoms with E-state index >= 15 is 0 Å². The molecule has 1 spiro atoms. The molecule has 3 heterocycles. The summed E-state index contributed by atoms with van der Waals surface area (Å²) in [6, 6.07) is 6.02. The van der Waals surface area contributed by atoms with Gasteiger partial charge in [-0.15, -0.1) is 0 Å². The summed E-state index contributed by atoms with van der Waals surface area (Å²) in [6.07, 6.45) is 3.92. The summed E-state index contributed by atoms with van der Waals surface area (Å²) < 4.78 is 5.80. The Morgan fingerprint density at radius 3 is 2.71 bits per heavy atom. The van der Waals surface area contributed by atoms with Crippen molar-refractivity contribution in [1.82, 2.24) is 9.97 Å². The molecule has 0 saturated carbocycles. The quantitative estimate of drug-likeness (QED) is 0.786. The highest BCUT2D eigenvalue weighted by Crippen LogP contribution is 2.42. The summed E-state index contributed by atoms with van der Waals surface area (Å²) in [4.78, 5) is 12.3. The first-order chi connectivity index (χ1) is 13.4. The largest absolute Gasteiger partial charge is 0.381 e. The maximum Gasteiger partial charge on any atom is 0.158 e. The van der Waals surface area contributed by atoms with Crippen LogP contribution in [-0.4, -0.2) is 41.8 Å². The number of aromatic nitrogens is 2. The van der Waals surface area contributed by atoms with Crippen molar-refractivity contribution >= 4 is 35.0 Å². The fraction of sp³-hybridized carbons (Fsp3) is 0.500. The number of ether oxygens (including phenoxy) is 1. The van der Waals surface area contributed by atoms with Crippen LogP contribution in [0.2, 0.25) is 5.02 Å². The van der Waals surface area contributed by atoms with Crippen molar-refractivity contribution in [2.75, 3.05) is 30.3 Å². The highest BCUT2D eigenvalue weighted by atomic mass is 35.5. The van der Waals surface area contributed by atoms with Crippen LogP contribution in [0.25, 0.3) is 0 Å². The van der Waals surface area contributed by atoms with E-state index < -0.39 is 0 Å². The normalized spacial score (nSPS) is 24.1. The van der Waals surface area contributed by atoms with Gasteiger partial charge in [0.05, 0.1) is 23.9 Å². The average molecular weight is 420 g/mol. The first-order valence-electron chi connectivity index (χ1n) is 9.57. The van der Waals surface area contributed by atoms with Crippen LogP contribution in [0, 0.1) is 12.3 Å². The number of piperidine rings is 1. The molecule has 0 aliphatic carbocycles. The molecule has 1 aromatic heterocycles. The van der Waals surface area contributed by atoms with E-state index in [1.165, 1.54) is 11.8 Å². The van der Waals surface area contributed by atoms with Crippen LogP contribution >= 0.6 is 23.4 Å². The molecule has 2 saturated heterocycles. The van der Waals surface area contributed by atoms with Crippen LogP contribution in [0.4, 0.5) is 11.6 Å². The van der Waals surface area contributed by atoms with Gasteiger partial charge in [-0.3, -0.25) is 0 Å². The lowest BCUT2D eigenvalue weighted by Crippen LogP contribution is -2.50. The highest BCUT2D eigenvalue weighted by molar-refractivity contribution is 7.99. The van der Waals surface area contributed by atoms with Crippen LogP contribution in [0.1, 0.15) is 25.3 Å². The lowest BCUT2D eigenvalue weighted by Gasteiger charge is -2.41. The summed E-state index contributed by atoms with van der Waals surface area (Å²) in [5.41, 5.74) is 13.7. The third kappa shape index (κ3) is 3.56. The van der Waals surface area contributed by atoms with Crippen LogP contribution in [0.3, 0.4) is 0 Å². The third-order valence-corrected chi connectivity index (χ3v) is 7.73. The Kier molecular flexibility index (Phi) is 5.44. The number of hydrogen-bond donors (Lipinski definition) is 2. The van der Waals surface area contributed by atoms with E-state index in [4.69, 9.17) is 27.8 Å². The van der Waals surface area contributed by atoms with Crippen LogP contribution in [-0.2, 0) is 4.74 Å². The second-order valence-corrected chi connectivity index (χ2v) is 9.21. The van der Waals surface area contributed by atoms with Gasteiger partial charge in [-0.2, -0.15) is 0 Å². The van der Waals surface area contributed by atoms with Crippen LogP contribution in [0.5, 0.6) is 0 Å². The van der Waals surface area contributed by atoms with E-state index in [0.717, 1.165) is 53.8 Å². The summed E-state index contributed by atoms with van der Waals surface area (Å²) in [7, 11) is 0. The lowest BCUT2D eigenvalue weighted by atomic mass is 9.73.